The summed E-state index contributed by atoms with van der Waals surface area (Å²) in [6.45, 7) is -0.424. The van der Waals surface area contributed by atoms with E-state index in [0.29, 0.717) is 33.1 Å². The van der Waals surface area contributed by atoms with Gasteiger partial charge in [-0.1, -0.05) is 64.2 Å². The fraction of sp³-hybridized carbons (Fsp3) is 0.0741. The Morgan fingerprint density at radius 1 is 1.05 bits per heavy atom. The number of para-hydroxylation sites is 1. The largest absolute Gasteiger partial charge is 0.486 e. The van der Waals surface area contributed by atoms with E-state index >= 15 is 0 Å². The number of carbonyl (C=O) groups excluding carboxylic acids is 1. The molecule has 0 bridgehead atoms. The number of carboxylic acid groups (broad SMARTS) is 1. The molecule has 0 saturated carbocycles. The van der Waals surface area contributed by atoms with E-state index < -0.39 is 18.4 Å². The Morgan fingerprint density at radius 2 is 1.76 bits per heavy atom. The molecule has 1 amide bonds. The van der Waals surface area contributed by atoms with Crippen LogP contribution in [0.2, 0.25) is 0 Å². The Balaban J connectivity index is 1.38. The number of rotatable bonds is 7. The maximum Gasteiger partial charge on any atom is 0.323 e. The van der Waals surface area contributed by atoms with Gasteiger partial charge in [-0.05, 0) is 60.2 Å². The number of halogens is 1. The number of thioether (sulfide) groups is 1. The van der Waals surface area contributed by atoms with Crippen molar-refractivity contribution in [3.05, 3.63) is 104 Å². The first-order chi connectivity index (χ1) is 18.3. The first kappa shape index (κ1) is 25.8. The predicted octanol–water partition coefficient (Wildman–Crippen LogP) is 5.01. The van der Waals surface area contributed by atoms with Gasteiger partial charge in [0.05, 0.1) is 21.5 Å². The van der Waals surface area contributed by atoms with E-state index in [1.165, 1.54) is 0 Å². The van der Waals surface area contributed by atoms with Gasteiger partial charge in [-0.15, -0.1) is 0 Å². The van der Waals surface area contributed by atoms with Crippen molar-refractivity contribution in [1.82, 2.24) is 14.5 Å². The molecular formula is C27H18BrN3O5S2. The third-order valence-corrected chi connectivity index (χ3v) is 7.55. The van der Waals surface area contributed by atoms with Crippen molar-refractivity contribution in [3.8, 4) is 11.4 Å². The third-order valence-electron chi connectivity index (χ3n) is 5.64. The summed E-state index contributed by atoms with van der Waals surface area (Å²) in [5.41, 5.74) is 1.79. The maximum atomic E-state index is 13.4. The Kier molecular flexibility index (Phi) is 7.41. The summed E-state index contributed by atoms with van der Waals surface area (Å²) in [4.78, 5) is 43.0. The molecule has 0 radical (unpaired) electrons. The van der Waals surface area contributed by atoms with Crippen LogP contribution in [0.1, 0.15) is 11.4 Å². The minimum absolute atomic E-state index is 0.0450. The first-order valence-corrected chi connectivity index (χ1v) is 13.3. The van der Waals surface area contributed by atoms with E-state index in [0.717, 1.165) is 26.7 Å². The molecule has 3 aromatic carbocycles. The van der Waals surface area contributed by atoms with Crippen molar-refractivity contribution in [2.24, 2.45) is 0 Å². The van der Waals surface area contributed by atoms with Crippen LogP contribution in [0.15, 0.2) is 87.0 Å². The van der Waals surface area contributed by atoms with Gasteiger partial charge in [0.1, 0.15) is 23.2 Å². The summed E-state index contributed by atoms with van der Waals surface area (Å²) in [6.07, 6.45) is 1.65. The molecule has 8 nitrogen and oxygen atoms in total. The summed E-state index contributed by atoms with van der Waals surface area (Å²) in [5, 5.41) is 9.50. The molecule has 1 saturated heterocycles. The molecule has 1 fully saturated rings. The second-order valence-corrected chi connectivity index (χ2v) is 10.8. The number of amides is 1. The molecule has 2 heterocycles. The lowest BCUT2D eigenvalue weighted by atomic mass is 10.2. The molecule has 1 aliphatic heterocycles. The van der Waals surface area contributed by atoms with Gasteiger partial charge >= 0.3 is 5.97 Å². The highest BCUT2D eigenvalue weighted by atomic mass is 79.9. The quantitative estimate of drug-likeness (QED) is 0.231. The van der Waals surface area contributed by atoms with Gasteiger partial charge in [0.25, 0.3) is 11.5 Å². The normalized spacial score (nSPS) is 14.4. The van der Waals surface area contributed by atoms with Crippen LogP contribution in [0.4, 0.5) is 0 Å². The number of thiocarbonyl (C=S) groups is 1. The SMILES string of the molecule is O=C(O)CN1C(=O)/C(=C\c2ccc(OCc3nc4ccccc4c(=O)n3-c3ccc(Br)cc3)cc2)SC1=S. The van der Waals surface area contributed by atoms with Gasteiger partial charge in [-0.3, -0.25) is 23.9 Å². The number of nitrogens with zero attached hydrogens (tertiary/aromatic N) is 3. The summed E-state index contributed by atoms with van der Waals surface area (Å²) >= 11 is 9.62. The van der Waals surface area contributed by atoms with Gasteiger partial charge in [-0.25, -0.2) is 4.98 Å². The van der Waals surface area contributed by atoms with Crippen molar-refractivity contribution < 1.29 is 19.4 Å². The van der Waals surface area contributed by atoms with Crippen molar-refractivity contribution in [2.45, 2.75) is 6.61 Å². The van der Waals surface area contributed by atoms with E-state index in [2.05, 4.69) is 15.9 Å². The van der Waals surface area contributed by atoms with Crippen LogP contribution in [0.25, 0.3) is 22.7 Å². The molecule has 5 rings (SSSR count). The highest BCUT2D eigenvalue weighted by molar-refractivity contribution is 9.10. The lowest BCUT2D eigenvalue weighted by Gasteiger charge is -2.14. The first-order valence-electron chi connectivity index (χ1n) is 11.3. The van der Waals surface area contributed by atoms with Crippen molar-refractivity contribution in [2.75, 3.05) is 6.54 Å². The average molecular weight is 608 g/mol. The molecular weight excluding hydrogens is 590 g/mol. The van der Waals surface area contributed by atoms with Gasteiger partial charge in [0.15, 0.2) is 5.82 Å². The Hall–Kier alpha value is -3.80. The molecule has 190 valence electrons. The number of carbonyl (C=O) groups is 2. The van der Waals surface area contributed by atoms with E-state index in [9.17, 15) is 14.4 Å². The van der Waals surface area contributed by atoms with Crippen molar-refractivity contribution in [3.63, 3.8) is 0 Å². The topological polar surface area (TPSA) is 102 Å². The summed E-state index contributed by atoms with van der Waals surface area (Å²) in [7, 11) is 0. The molecule has 0 spiro atoms. The number of carboxylic acids is 1. The molecule has 4 aromatic rings. The van der Waals surface area contributed by atoms with E-state index in [1.54, 1.807) is 53.1 Å². The Bertz CT molecular complexity index is 1670. The van der Waals surface area contributed by atoms with Crippen LogP contribution in [-0.4, -0.2) is 42.3 Å². The average Bonchev–Trinajstić information content (AvgIpc) is 3.16. The minimum atomic E-state index is -1.13. The molecule has 1 aliphatic rings. The lowest BCUT2D eigenvalue weighted by Crippen LogP contribution is -2.33. The third kappa shape index (κ3) is 5.40. The van der Waals surface area contributed by atoms with Gasteiger partial charge in [0, 0.05) is 4.47 Å². The summed E-state index contributed by atoms with van der Waals surface area (Å²) in [5.74, 6) is -0.570. The zero-order chi connectivity index (χ0) is 26.8. The fourth-order valence-corrected chi connectivity index (χ4v) is 5.38. The van der Waals surface area contributed by atoms with Crippen LogP contribution in [0.5, 0.6) is 5.75 Å². The van der Waals surface area contributed by atoms with Crippen molar-refractivity contribution in [1.29, 1.82) is 0 Å². The van der Waals surface area contributed by atoms with Gasteiger partial charge in [-0.2, -0.15) is 0 Å². The van der Waals surface area contributed by atoms with E-state index in [-0.39, 0.29) is 16.5 Å². The smallest absolute Gasteiger partial charge is 0.323 e. The van der Waals surface area contributed by atoms with Gasteiger partial charge in [0.2, 0.25) is 0 Å². The summed E-state index contributed by atoms with van der Waals surface area (Å²) in [6, 6.07) is 21.6. The Labute approximate surface area is 234 Å². The second kappa shape index (κ2) is 10.9. The predicted molar refractivity (Wildman–Crippen MR) is 153 cm³/mol. The number of fused-ring (bicyclic) bond motifs is 1. The highest BCUT2D eigenvalue weighted by Crippen LogP contribution is 2.32. The minimum Gasteiger partial charge on any atom is -0.486 e. The van der Waals surface area contributed by atoms with E-state index in [1.807, 2.05) is 30.3 Å². The monoisotopic (exact) mass is 607 g/mol. The van der Waals surface area contributed by atoms with Crippen LogP contribution in [-0.2, 0) is 16.2 Å². The number of benzene rings is 3. The zero-order valence-corrected chi connectivity index (χ0v) is 22.8. The molecule has 1 aromatic heterocycles. The number of hydrogen-bond donors (Lipinski definition) is 1. The Morgan fingerprint density at radius 3 is 2.47 bits per heavy atom. The standard InChI is InChI=1S/C27H18BrN3O5S2/c28-17-7-9-18(10-8-17)31-23(29-21-4-2-1-3-20(21)25(31)34)15-36-19-11-5-16(6-12-19)13-22-26(35)30(14-24(32)33)27(37)38-22/h1-13H,14-15H2,(H,32,33)/b22-13+. The maximum absolute atomic E-state index is 13.4. The molecule has 1 N–H and O–H groups in total. The van der Waals surface area contributed by atoms with E-state index in [4.69, 9.17) is 27.0 Å². The second-order valence-electron chi connectivity index (χ2n) is 8.18. The summed E-state index contributed by atoms with van der Waals surface area (Å²) < 4.78 is 8.64. The number of aromatic nitrogens is 2. The zero-order valence-electron chi connectivity index (χ0n) is 19.5. The lowest BCUT2D eigenvalue weighted by molar-refractivity contribution is -0.140. The van der Waals surface area contributed by atoms with Crippen LogP contribution >= 0.6 is 39.9 Å². The molecule has 11 heteroatoms. The van der Waals surface area contributed by atoms with Gasteiger partial charge < -0.3 is 9.84 Å². The van der Waals surface area contributed by atoms with Crippen LogP contribution < -0.4 is 10.3 Å². The number of hydrogen-bond acceptors (Lipinski definition) is 7. The number of ether oxygens (including phenoxy) is 1. The molecule has 0 atom stereocenters. The molecule has 38 heavy (non-hydrogen) atoms. The fourth-order valence-electron chi connectivity index (χ4n) is 3.86. The highest BCUT2D eigenvalue weighted by Gasteiger charge is 2.33. The molecule has 0 unspecified atom stereocenters. The number of aliphatic carboxylic acids is 1. The van der Waals surface area contributed by atoms with Crippen LogP contribution in [0.3, 0.4) is 0 Å². The van der Waals surface area contributed by atoms with Crippen LogP contribution in [0, 0.1) is 0 Å². The molecule has 0 aliphatic carbocycles. The van der Waals surface area contributed by atoms with Crippen molar-refractivity contribution >= 4 is 73.1 Å².